The number of carbonyl (C=O) groups excluding carboxylic acids is 1. The average molecular weight is 232 g/mol. The third-order valence-corrected chi connectivity index (χ3v) is 2.52. The maximum atomic E-state index is 11.5. The van der Waals surface area contributed by atoms with E-state index in [4.69, 9.17) is 10.2 Å². The maximum absolute atomic E-state index is 11.5. The minimum atomic E-state index is -1.78. The molecule has 0 aliphatic carbocycles. The summed E-state index contributed by atoms with van der Waals surface area (Å²) in [6.45, 7) is 4.83. The molecule has 0 radical (unpaired) electrons. The fourth-order valence-electron chi connectivity index (χ4n) is 1.48. The van der Waals surface area contributed by atoms with E-state index < -0.39 is 11.4 Å². The Morgan fingerprint density at radius 1 is 1.12 bits per heavy atom. The second kappa shape index (κ2) is 6.33. The fourth-order valence-corrected chi connectivity index (χ4v) is 1.48. The molecule has 0 aromatic heterocycles. The molecular weight excluding hydrogens is 208 g/mol. The quantitative estimate of drug-likeness (QED) is 0.552. The van der Waals surface area contributed by atoms with Gasteiger partial charge in [-0.2, -0.15) is 0 Å². The zero-order valence-electron chi connectivity index (χ0n) is 10.5. The van der Waals surface area contributed by atoms with Crippen LogP contribution in [0.4, 0.5) is 0 Å². The van der Waals surface area contributed by atoms with Crippen molar-refractivity contribution in [3.8, 4) is 0 Å². The average Bonchev–Trinajstić information content (AvgIpc) is 2.10. The fraction of sp³-hybridized carbons (Fsp3) is 0.917. The van der Waals surface area contributed by atoms with Crippen molar-refractivity contribution < 1.29 is 20.1 Å². The molecule has 0 spiro atoms. The van der Waals surface area contributed by atoms with Crippen molar-refractivity contribution >= 4 is 5.78 Å². The summed E-state index contributed by atoms with van der Waals surface area (Å²) in [6, 6.07) is 0. The summed E-state index contributed by atoms with van der Waals surface area (Å²) in [6.07, 6.45) is 2.63. The van der Waals surface area contributed by atoms with Gasteiger partial charge in [0.2, 0.25) is 0 Å². The topological polar surface area (TPSA) is 77.8 Å². The van der Waals surface area contributed by atoms with Crippen LogP contribution >= 0.6 is 0 Å². The minimum absolute atomic E-state index is 0.0319. The molecule has 0 heterocycles. The van der Waals surface area contributed by atoms with Crippen LogP contribution in [-0.2, 0) is 4.79 Å². The molecule has 0 saturated heterocycles. The van der Waals surface area contributed by atoms with Gasteiger partial charge in [-0.05, 0) is 26.7 Å². The van der Waals surface area contributed by atoms with Crippen molar-refractivity contribution in [3.05, 3.63) is 0 Å². The van der Waals surface area contributed by atoms with Crippen LogP contribution < -0.4 is 0 Å². The number of rotatable bonds is 8. The van der Waals surface area contributed by atoms with Crippen LogP contribution in [0, 0.1) is 0 Å². The van der Waals surface area contributed by atoms with Crippen LogP contribution in [0.15, 0.2) is 0 Å². The van der Waals surface area contributed by atoms with E-state index in [1.54, 1.807) is 6.92 Å². The highest BCUT2D eigenvalue weighted by Crippen LogP contribution is 2.22. The highest BCUT2D eigenvalue weighted by atomic mass is 16.5. The Kier molecular flexibility index (Phi) is 6.15. The normalized spacial score (nSPS) is 15.9. The molecule has 0 aliphatic heterocycles. The van der Waals surface area contributed by atoms with Gasteiger partial charge in [-0.1, -0.05) is 13.3 Å². The lowest BCUT2D eigenvalue weighted by Gasteiger charge is -2.25. The molecule has 96 valence electrons. The zero-order chi connectivity index (χ0) is 12.8. The molecule has 0 aliphatic rings. The Bertz CT molecular complexity index is 216. The highest BCUT2D eigenvalue weighted by molar-refractivity contribution is 5.79. The van der Waals surface area contributed by atoms with E-state index in [0.717, 1.165) is 12.8 Å². The first-order valence-electron chi connectivity index (χ1n) is 5.85. The molecule has 0 saturated carbocycles. The number of aliphatic hydroxyl groups is 3. The van der Waals surface area contributed by atoms with Crippen molar-refractivity contribution in [1.82, 2.24) is 0 Å². The Balaban J connectivity index is 3.99. The van der Waals surface area contributed by atoms with E-state index in [-0.39, 0.29) is 25.0 Å². The Hall–Kier alpha value is -0.450. The number of unbranched alkanes of at least 4 members (excludes halogenated alkanes) is 1. The Morgan fingerprint density at radius 3 is 2.12 bits per heavy atom. The van der Waals surface area contributed by atoms with Gasteiger partial charge in [-0.3, -0.25) is 4.79 Å². The van der Waals surface area contributed by atoms with Crippen LogP contribution in [-0.4, -0.2) is 32.5 Å². The Morgan fingerprint density at radius 2 is 1.69 bits per heavy atom. The number of hydrogen-bond donors (Lipinski definition) is 3. The molecule has 1 unspecified atom stereocenters. The third-order valence-electron chi connectivity index (χ3n) is 2.52. The minimum Gasteiger partial charge on any atom is -0.390 e. The molecule has 16 heavy (non-hydrogen) atoms. The van der Waals surface area contributed by atoms with Crippen LogP contribution in [0.5, 0.6) is 0 Å². The maximum Gasteiger partial charge on any atom is 0.159 e. The van der Waals surface area contributed by atoms with Gasteiger partial charge in [0, 0.05) is 19.3 Å². The summed E-state index contributed by atoms with van der Waals surface area (Å²) < 4.78 is 0. The van der Waals surface area contributed by atoms with Crippen LogP contribution in [0.3, 0.4) is 0 Å². The van der Waals surface area contributed by atoms with Gasteiger partial charge in [-0.25, -0.2) is 0 Å². The van der Waals surface area contributed by atoms with E-state index in [2.05, 4.69) is 0 Å². The van der Waals surface area contributed by atoms with Crippen molar-refractivity contribution in [1.29, 1.82) is 0 Å². The second-order valence-electron chi connectivity index (χ2n) is 5.03. The van der Waals surface area contributed by atoms with E-state index >= 15 is 0 Å². The highest BCUT2D eigenvalue weighted by Gasteiger charge is 2.27. The summed E-state index contributed by atoms with van der Waals surface area (Å²) in [4.78, 5) is 11.5. The molecule has 3 N–H and O–H groups in total. The molecule has 0 amide bonds. The second-order valence-corrected chi connectivity index (χ2v) is 5.03. The van der Waals surface area contributed by atoms with Crippen molar-refractivity contribution in [3.63, 3.8) is 0 Å². The molecule has 0 aromatic rings. The summed E-state index contributed by atoms with van der Waals surface area (Å²) in [5, 5.41) is 28.1. The summed E-state index contributed by atoms with van der Waals surface area (Å²) in [5.74, 6) is -1.75. The summed E-state index contributed by atoms with van der Waals surface area (Å²) in [7, 11) is 0. The molecule has 0 aromatic carbocycles. The van der Waals surface area contributed by atoms with Crippen LogP contribution in [0.2, 0.25) is 0 Å². The zero-order valence-corrected chi connectivity index (χ0v) is 10.5. The third kappa shape index (κ3) is 8.83. The van der Waals surface area contributed by atoms with Gasteiger partial charge < -0.3 is 15.3 Å². The van der Waals surface area contributed by atoms with E-state index in [1.165, 1.54) is 6.92 Å². The van der Waals surface area contributed by atoms with Crippen LogP contribution in [0.1, 0.15) is 59.3 Å². The van der Waals surface area contributed by atoms with E-state index in [9.17, 15) is 9.90 Å². The van der Waals surface area contributed by atoms with Crippen molar-refractivity contribution in [2.45, 2.75) is 70.7 Å². The van der Waals surface area contributed by atoms with Crippen molar-refractivity contribution in [2.75, 3.05) is 0 Å². The Labute approximate surface area is 97.3 Å². The standard InChI is InChI=1S/C12H24O4/c1-4-5-6-10(13)9-11(2,14)7-8-12(3,15)16/h14-16H,4-9H2,1-3H3. The number of ketones is 1. The van der Waals surface area contributed by atoms with Crippen LogP contribution in [0.25, 0.3) is 0 Å². The largest absolute Gasteiger partial charge is 0.390 e. The molecule has 1 atom stereocenters. The van der Waals surface area contributed by atoms with Gasteiger partial charge in [0.25, 0.3) is 0 Å². The summed E-state index contributed by atoms with van der Waals surface area (Å²) >= 11 is 0. The van der Waals surface area contributed by atoms with E-state index in [1.807, 2.05) is 6.92 Å². The first-order chi connectivity index (χ1) is 7.16. The number of hydrogen-bond acceptors (Lipinski definition) is 4. The predicted molar refractivity (Wildman–Crippen MR) is 61.8 cm³/mol. The molecule has 4 nitrogen and oxygen atoms in total. The number of Topliss-reactive ketones (excluding diaryl/α,β-unsaturated/α-hetero) is 1. The monoisotopic (exact) mass is 232 g/mol. The van der Waals surface area contributed by atoms with Gasteiger partial charge >= 0.3 is 0 Å². The molecule has 0 rings (SSSR count). The SMILES string of the molecule is CCCCC(=O)CC(C)(O)CCC(C)(O)O. The smallest absolute Gasteiger partial charge is 0.159 e. The number of carbonyl (C=O) groups is 1. The molecule has 4 heteroatoms. The molecular formula is C12H24O4. The lowest BCUT2D eigenvalue weighted by Crippen LogP contribution is -2.32. The van der Waals surface area contributed by atoms with E-state index in [0.29, 0.717) is 6.42 Å². The van der Waals surface area contributed by atoms with Gasteiger partial charge in [0.15, 0.2) is 5.79 Å². The van der Waals surface area contributed by atoms with Gasteiger partial charge in [0.05, 0.1) is 5.60 Å². The predicted octanol–water partition coefficient (Wildman–Crippen LogP) is 1.37. The first-order valence-corrected chi connectivity index (χ1v) is 5.85. The molecule has 0 bridgehead atoms. The first kappa shape index (κ1) is 15.6. The lowest BCUT2D eigenvalue weighted by atomic mass is 9.90. The van der Waals surface area contributed by atoms with Gasteiger partial charge in [0.1, 0.15) is 5.78 Å². The summed E-state index contributed by atoms with van der Waals surface area (Å²) in [5.41, 5.74) is -1.14. The van der Waals surface area contributed by atoms with Gasteiger partial charge in [-0.15, -0.1) is 0 Å². The molecule has 0 fully saturated rings. The lowest BCUT2D eigenvalue weighted by molar-refractivity contribution is -0.160. The van der Waals surface area contributed by atoms with Crippen molar-refractivity contribution in [2.24, 2.45) is 0 Å².